The van der Waals surface area contributed by atoms with E-state index in [9.17, 15) is 9.59 Å². The molecule has 0 fully saturated rings. The lowest BCUT2D eigenvalue weighted by Gasteiger charge is -2.00. The van der Waals surface area contributed by atoms with Crippen molar-refractivity contribution < 1.29 is 9.59 Å². The van der Waals surface area contributed by atoms with E-state index in [0.717, 1.165) is 17.0 Å². The minimum atomic E-state index is -0.155. The summed E-state index contributed by atoms with van der Waals surface area (Å²) in [6.45, 7) is 4.18. The van der Waals surface area contributed by atoms with Crippen molar-refractivity contribution in [1.82, 2.24) is 10.3 Å². The zero-order valence-electron chi connectivity index (χ0n) is 11.5. The minimum absolute atomic E-state index is 0.0179. The summed E-state index contributed by atoms with van der Waals surface area (Å²) in [5.41, 5.74) is 1.93. The number of nitrogens with one attached hydrogen (secondary N) is 1. The van der Waals surface area contributed by atoms with E-state index in [1.165, 1.54) is 18.3 Å². The number of amides is 1. The van der Waals surface area contributed by atoms with Crippen LogP contribution in [0.5, 0.6) is 0 Å². The highest BCUT2D eigenvalue weighted by Crippen LogP contribution is 2.24. The summed E-state index contributed by atoms with van der Waals surface area (Å²) < 4.78 is 0. The average molecular weight is 288 g/mol. The molecule has 0 aliphatic carbocycles. The van der Waals surface area contributed by atoms with Gasteiger partial charge in [-0.2, -0.15) is 0 Å². The number of aromatic nitrogens is 1. The third-order valence-corrected chi connectivity index (χ3v) is 3.68. The van der Waals surface area contributed by atoms with Crippen LogP contribution in [0.1, 0.15) is 41.1 Å². The summed E-state index contributed by atoms with van der Waals surface area (Å²) >= 11 is 1.40. The van der Waals surface area contributed by atoms with Gasteiger partial charge >= 0.3 is 0 Å². The second kappa shape index (κ2) is 6.43. The smallest absolute Gasteiger partial charge is 0.270 e. The monoisotopic (exact) mass is 288 g/mol. The average Bonchev–Trinajstić information content (AvgIpc) is 2.94. The van der Waals surface area contributed by atoms with E-state index in [2.05, 4.69) is 10.3 Å². The fourth-order valence-electron chi connectivity index (χ4n) is 1.71. The van der Waals surface area contributed by atoms with Gasteiger partial charge in [-0.1, -0.05) is 25.1 Å². The molecule has 1 aromatic carbocycles. The van der Waals surface area contributed by atoms with Gasteiger partial charge in [0.2, 0.25) is 0 Å². The van der Waals surface area contributed by atoms with Crippen molar-refractivity contribution >= 4 is 23.0 Å². The molecular formula is C15H16N2O2S. The van der Waals surface area contributed by atoms with Crippen molar-refractivity contribution in [2.75, 3.05) is 6.54 Å². The van der Waals surface area contributed by atoms with Crippen LogP contribution in [0.2, 0.25) is 0 Å². The van der Waals surface area contributed by atoms with Crippen molar-refractivity contribution in [2.24, 2.45) is 0 Å². The van der Waals surface area contributed by atoms with Gasteiger partial charge in [0.1, 0.15) is 10.7 Å². The van der Waals surface area contributed by atoms with E-state index in [4.69, 9.17) is 0 Å². The first-order valence-corrected chi connectivity index (χ1v) is 7.35. The Kier molecular flexibility index (Phi) is 4.63. The molecule has 2 aromatic rings. The molecule has 0 spiro atoms. The van der Waals surface area contributed by atoms with E-state index >= 15 is 0 Å². The van der Waals surface area contributed by atoms with Crippen LogP contribution < -0.4 is 5.32 Å². The fraction of sp³-hybridized carbons (Fsp3) is 0.267. The molecule has 1 aromatic heterocycles. The molecule has 1 amide bonds. The van der Waals surface area contributed by atoms with Crippen LogP contribution in [-0.2, 0) is 0 Å². The lowest BCUT2D eigenvalue weighted by atomic mass is 10.1. The highest BCUT2D eigenvalue weighted by atomic mass is 32.1. The van der Waals surface area contributed by atoms with E-state index in [1.54, 1.807) is 17.5 Å². The van der Waals surface area contributed by atoms with Crippen LogP contribution in [0.15, 0.2) is 29.6 Å². The van der Waals surface area contributed by atoms with E-state index in [1.807, 2.05) is 19.1 Å². The van der Waals surface area contributed by atoms with E-state index in [-0.39, 0.29) is 11.7 Å². The zero-order valence-corrected chi connectivity index (χ0v) is 12.3. The van der Waals surface area contributed by atoms with Crippen molar-refractivity contribution in [2.45, 2.75) is 20.3 Å². The third-order valence-electron chi connectivity index (χ3n) is 2.79. The molecule has 5 heteroatoms. The molecule has 20 heavy (non-hydrogen) atoms. The van der Waals surface area contributed by atoms with Gasteiger partial charge in [0.05, 0.1) is 0 Å². The van der Waals surface area contributed by atoms with Crippen molar-refractivity contribution in [3.05, 3.63) is 40.9 Å². The minimum Gasteiger partial charge on any atom is -0.351 e. The highest BCUT2D eigenvalue weighted by molar-refractivity contribution is 7.13. The molecule has 104 valence electrons. The Hall–Kier alpha value is -2.01. The first-order chi connectivity index (χ1) is 9.61. The number of hydrogen-bond acceptors (Lipinski definition) is 4. The second-order valence-electron chi connectivity index (χ2n) is 4.43. The Morgan fingerprint density at radius 3 is 2.85 bits per heavy atom. The Balaban J connectivity index is 2.22. The molecule has 0 radical (unpaired) electrons. The molecule has 0 aliphatic rings. The Morgan fingerprint density at radius 2 is 2.15 bits per heavy atom. The summed E-state index contributed by atoms with van der Waals surface area (Å²) in [5.74, 6) is -0.138. The molecule has 0 saturated heterocycles. The highest BCUT2D eigenvalue weighted by Gasteiger charge is 2.11. The number of nitrogens with zero attached hydrogens (tertiary/aromatic N) is 1. The fourth-order valence-corrected chi connectivity index (χ4v) is 2.51. The Bertz CT molecular complexity index is 634. The van der Waals surface area contributed by atoms with Crippen molar-refractivity contribution in [3.63, 3.8) is 0 Å². The van der Waals surface area contributed by atoms with Gasteiger partial charge < -0.3 is 5.32 Å². The summed E-state index contributed by atoms with van der Waals surface area (Å²) in [6, 6.07) is 7.28. The predicted molar refractivity (Wildman–Crippen MR) is 80.2 cm³/mol. The van der Waals surface area contributed by atoms with Gasteiger partial charge in [-0.25, -0.2) is 4.98 Å². The molecule has 1 heterocycles. The predicted octanol–water partition coefficient (Wildman–Crippen LogP) is 3.15. The van der Waals surface area contributed by atoms with Crippen LogP contribution in [-0.4, -0.2) is 23.2 Å². The van der Waals surface area contributed by atoms with Crippen molar-refractivity contribution in [1.29, 1.82) is 0 Å². The number of ketones is 1. The molecule has 2 rings (SSSR count). The largest absolute Gasteiger partial charge is 0.351 e. The second-order valence-corrected chi connectivity index (χ2v) is 5.29. The van der Waals surface area contributed by atoms with Gasteiger partial charge in [0, 0.05) is 23.1 Å². The molecule has 0 unspecified atom stereocenters. The number of thiazole rings is 1. The van der Waals surface area contributed by atoms with Gasteiger partial charge in [-0.05, 0) is 19.4 Å². The topological polar surface area (TPSA) is 59.1 Å². The standard InChI is InChI=1S/C15H16N2O2S/c1-3-7-16-14(19)13-9-20-15(17-13)12-6-4-5-11(8-12)10(2)18/h4-6,8-9H,3,7H2,1-2H3,(H,16,19). The normalized spacial score (nSPS) is 10.3. The molecular weight excluding hydrogens is 272 g/mol. The third kappa shape index (κ3) is 3.30. The number of carbonyl (C=O) groups excluding carboxylic acids is 2. The Morgan fingerprint density at radius 1 is 1.35 bits per heavy atom. The lowest BCUT2D eigenvalue weighted by Crippen LogP contribution is -2.24. The molecule has 0 saturated carbocycles. The summed E-state index contributed by atoms with van der Waals surface area (Å²) in [4.78, 5) is 27.5. The summed E-state index contributed by atoms with van der Waals surface area (Å²) in [5, 5.41) is 5.28. The molecule has 0 bridgehead atoms. The van der Waals surface area contributed by atoms with E-state index in [0.29, 0.717) is 17.8 Å². The first kappa shape index (κ1) is 14.4. The maximum absolute atomic E-state index is 11.8. The number of benzene rings is 1. The number of Topliss-reactive ketones (excluding diaryl/α,β-unsaturated/α-hetero) is 1. The van der Waals surface area contributed by atoms with Crippen molar-refractivity contribution in [3.8, 4) is 10.6 Å². The van der Waals surface area contributed by atoms with Crippen LogP contribution in [0.3, 0.4) is 0 Å². The van der Waals surface area contributed by atoms with Gasteiger partial charge in [0.25, 0.3) is 5.91 Å². The first-order valence-electron chi connectivity index (χ1n) is 6.47. The number of rotatable bonds is 5. The quantitative estimate of drug-likeness (QED) is 0.860. The van der Waals surface area contributed by atoms with Gasteiger partial charge in [-0.15, -0.1) is 11.3 Å². The maximum Gasteiger partial charge on any atom is 0.270 e. The van der Waals surface area contributed by atoms with Crippen LogP contribution in [0, 0.1) is 0 Å². The van der Waals surface area contributed by atoms with Gasteiger partial charge in [-0.3, -0.25) is 9.59 Å². The summed E-state index contributed by atoms with van der Waals surface area (Å²) in [7, 11) is 0. The molecule has 0 aliphatic heterocycles. The SMILES string of the molecule is CCCNC(=O)c1csc(-c2cccc(C(C)=O)c2)n1. The number of hydrogen-bond donors (Lipinski definition) is 1. The molecule has 1 N–H and O–H groups in total. The zero-order chi connectivity index (χ0) is 14.5. The Labute approximate surface area is 121 Å². The van der Waals surface area contributed by atoms with Gasteiger partial charge in [0.15, 0.2) is 5.78 Å². The molecule has 4 nitrogen and oxygen atoms in total. The number of carbonyl (C=O) groups is 2. The van der Waals surface area contributed by atoms with Crippen LogP contribution >= 0.6 is 11.3 Å². The van der Waals surface area contributed by atoms with E-state index < -0.39 is 0 Å². The summed E-state index contributed by atoms with van der Waals surface area (Å²) in [6.07, 6.45) is 0.892. The van der Waals surface area contributed by atoms with Crippen LogP contribution in [0.25, 0.3) is 10.6 Å². The molecule has 0 atom stereocenters. The maximum atomic E-state index is 11.8. The lowest BCUT2D eigenvalue weighted by molar-refractivity contribution is 0.0948. The van der Waals surface area contributed by atoms with Crippen LogP contribution in [0.4, 0.5) is 0 Å².